The maximum Gasteiger partial charge on any atom is 0.405 e. The Morgan fingerprint density at radius 3 is 2.67 bits per heavy atom. The van der Waals surface area contributed by atoms with E-state index in [0.717, 1.165) is 6.20 Å². The van der Waals surface area contributed by atoms with Crippen LogP contribution in [0.4, 0.5) is 23.4 Å². The Kier molecular flexibility index (Phi) is 5.59. The molecule has 0 spiro atoms. The average Bonchev–Trinajstić information content (AvgIpc) is 3.15. The molecule has 0 unspecified atom stereocenters. The van der Waals surface area contributed by atoms with E-state index in [1.54, 1.807) is 19.3 Å². The van der Waals surface area contributed by atoms with Crippen LogP contribution in [-0.2, 0) is 4.79 Å². The molecule has 3 aromatic rings. The number of amides is 1. The zero-order valence-electron chi connectivity index (χ0n) is 16.4. The molecule has 3 heterocycles. The largest absolute Gasteiger partial charge is 0.405 e. The van der Waals surface area contributed by atoms with Gasteiger partial charge < -0.3 is 15.2 Å². The minimum atomic E-state index is -4.56. The summed E-state index contributed by atoms with van der Waals surface area (Å²) >= 11 is 0. The first kappa shape index (κ1) is 21.4. The highest BCUT2D eigenvalue weighted by Gasteiger charge is 2.40. The number of nitrogens with one attached hydrogen (secondary N) is 2. The molecule has 0 radical (unpaired) electrons. The fourth-order valence-corrected chi connectivity index (χ4v) is 2.92. The third-order valence-electron chi connectivity index (χ3n) is 5.01. The molecule has 0 bridgehead atoms. The molecule has 0 aliphatic carbocycles. The summed E-state index contributed by atoms with van der Waals surface area (Å²) in [7, 11) is 1.39. The van der Waals surface area contributed by atoms with Crippen molar-refractivity contribution < 1.29 is 22.4 Å². The normalized spacial score (nSPS) is 13.8. The van der Waals surface area contributed by atoms with Crippen molar-refractivity contribution in [3.05, 3.63) is 30.7 Å². The van der Waals surface area contributed by atoms with Crippen LogP contribution < -0.4 is 10.2 Å². The number of alkyl halides is 3. The topological polar surface area (TPSA) is 99.7 Å². The number of halogens is 4. The van der Waals surface area contributed by atoms with Crippen LogP contribution in [0.25, 0.3) is 22.4 Å². The predicted molar refractivity (Wildman–Crippen MR) is 101 cm³/mol. The van der Waals surface area contributed by atoms with Crippen molar-refractivity contribution in [1.29, 1.82) is 0 Å². The second-order valence-corrected chi connectivity index (χ2v) is 6.84. The summed E-state index contributed by atoms with van der Waals surface area (Å²) in [6.45, 7) is 1.54. The van der Waals surface area contributed by atoms with Crippen molar-refractivity contribution >= 4 is 22.8 Å². The number of nitrogens with zero attached hydrogens (tertiary/aromatic N) is 5. The zero-order chi connectivity index (χ0) is 22.1. The molecule has 0 aliphatic rings. The van der Waals surface area contributed by atoms with Gasteiger partial charge in [-0.25, -0.2) is 24.3 Å². The smallest absolute Gasteiger partial charge is 0.345 e. The molecular weight excluding hydrogens is 406 g/mol. The molecule has 1 atom stereocenters. The van der Waals surface area contributed by atoms with E-state index in [1.165, 1.54) is 25.2 Å². The number of H-pyrrole nitrogens is 1. The Labute approximate surface area is 168 Å². The minimum absolute atomic E-state index is 0.104. The summed E-state index contributed by atoms with van der Waals surface area (Å²) < 4.78 is 52.1. The quantitative estimate of drug-likeness (QED) is 0.590. The number of fused-ring (bicyclic) bond motifs is 1. The number of anilines is 1. The Morgan fingerprint density at radius 1 is 1.27 bits per heavy atom. The van der Waals surface area contributed by atoms with Crippen molar-refractivity contribution in [3.63, 3.8) is 0 Å². The molecular formula is C18H19F4N7O. The minimum Gasteiger partial charge on any atom is -0.345 e. The Bertz CT molecular complexity index is 1070. The molecule has 0 fully saturated rings. The summed E-state index contributed by atoms with van der Waals surface area (Å²) in [6, 6.07) is 0. The highest BCUT2D eigenvalue weighted by molar-refractivity contribution is 5.91. The Balaban J connectivity index is 1.97. The molecule has 160 valence electrons. The van der Waals surface area contributed by atoms with Crippen molar-refractivity contribution in [1.82, 2.24) is 30.2 Å². The average molecular weight is 425 g/mol. The van der Waals surface area contributed by atoms with Crippen molar-refractivity contribution in [2.45, 2.75) is 32.0 Å². The molecule has 30 heavy (non-hydrogen) atoms. The number of carbonyl (C=O) groups is 1. The van der Waals surface area contributed by atoms with Crippen molar-refractivity contribution in [3.8, 4) is 11.4 Å². The molecule has 3 rings (SSSR count). The molecule has 0 aromatic carbocycles. The van der Waals surface area contributed by atoms with E-state index in [4.69, 9.17) is 0 Å². The van der Waals surface area contributed by atoms with Gasteiger partial charge in [0.2, 0.25) is 5.91 Å². The van der Waals surface area contributed by atoms with Crippen LogP contribution in [0.15, 0.2) is 24.9 Å². The second kappa shape index (κ2) is 7.84. The van der Waals surface area contributed by atoms with Crippen LogP contribution >= 0.6 is 0 Å². The highest BCUT2D eigenvalue weighted by Crippen LogP contribution is 2.30. The van der Waals surface area contributed by atoms with E-state index in [1.807, 2.05) is 5.32 Å². The van der Waals surface area contributed by atoms with Crippen molar-refractivity contribution in [2.24, 2.45) is 0 Å². The van der Waals surface area contributed by atoms with Gasteiger partial charge in [0, 0.05) is 30.4 Å². The first-order valence-corrected chi connectivity index (χ1v) is 8.95. The monoisotopic (exact) mass is 425 g/mol. The molecule has 8 nitrogen and oxygen atoms in total. The van der Waals surface area contributed by atoms with Crippen LogP contribution in [0.5, 0.6) is 0 Å². The number of carbonyl (C=O) groups excluding carboxylic acids is 1. The molecule has 2 N–H and O–H groups in total. The van der Waals surface area contributed by atoms with E-state index in [2.05, 4.69) is 24.9 Å². The molecule has 1 amide bonds. The number of likely N-dealkylation sites (N-methyl/N-ethyl adjacent to an activating group) is 1. The predicted octanol–water partition coefficient (Wildman–Crippen LogP) is 2.84. The third-order valence-corrected chi connectivity index (χ3v) is 5.01. The first-order valence-electron chi connectivity index (χ1n) is 8.95. The van der Waals surface area contributed by atoms with Gasteiger partial charge in [0.25, 0.3) is 0 Å². The number of hydrogen-bond acceptors (Lipinski definition) is 6. The van der Waals surface area contributed by atoms with Crippen LogP contribution in [-0.4, -0.2) is 56.1 Å². The summed E-state index contributed by atoms with van der Waals surface area (Å²) in [5, 5.41) is 2.47. The standard InChI is InChI=1S/C18H19F4N7O/c1-4-17(2,16(30)26-8-18(20,21)22)29(3)15-12(19)7-25-14(28-15)11-6-24-13-10(11)5-23-9-27-13/h5-7,9H,4,8H2,1-3H3,(H,26,30)(H,23,24,27)/t17-/m1/s1. The van der Waals surface area contributed by atoms with Gasteiger partial charge in [-0.15, -0.1) is 0 Å². The van der Waals surface area contributed by atoms with Gasteiger partial charge >= 0.3 is 6.18 Å². The summed E-state index contributed by atoms with van der Waals surface area (Å²) in [6.07, 6.45) is 0.983. The van der Waals surface area contributed by atoms with E-state index in [9.17, 15) is 22.4 Å². The van der Waals surface area contributed by atoms with E-state index in [-0.39, 0.29) is 18.1 Å². The number of aromatic amines is 1. The first-order chi connectivity index (χ1) is 14.1. The zero-order valence-corrected chi connectivity index (χ0v) is 16.4. The van der Waals surface area contributed by atoms with Crippen LogP contribution in [0.1, 0.15) is 20.3 Å². The maximum absolute atomic E-state index is 14.6. The van der Waals surface area contributed by atoms with Gasteiger partial charge in [-0.1, -0.05) is 6.92 Å². The maximum atomic E-state index is 14.6. The Morgan fingerprint density at radius 2 is 2.00 bits per heavy atom. The molecule has 12 heteroatoms. The molecule has 0 saturated heterocycles. The highest BCUT2D eigenvalue weighted by atomic mass is 19.4. The fourth-order valence-electron chi connectivity index (χ4n) is 2.92. The second-order valence-electron chi connectivity index (χ2n) is 6.84. The van der Waals surface area contributed by atoms with Crippen molar-refractivity contribution in [2.75, 3.05) is 18.5 Å². The fraction of sp³-hybridized carbons (Fsp3) is 0.389. The lowest BCUT2D eigenvalue weighted by atomic mass is 9.95. The van der Waals surface area contributed by atoms with E-state index in [0.29, 0.717) is 16.6 Å². The van der Waals surface area contributed by atoms with Gasteiger partial charge in [0.1, 0.15) is 24.1 Å². The summed E-state index contributed by atoms with van der Waals surface area (Å²) in [5.74, 6) is -1.79. The van der Waals surface area contributed by atoms with Crippen LogP contribution in [0.2, 0.25) is 0 Å². The van der Waals surface area contributed by atoms with Crippen LogP contribution in [0.3, 0.4) is 0 Å². The lowest BCUT2D eigenvalue weighted by molar-refractivity contribution is -0.141. The van der Waals surface area contributed by atoms with Gasteiger partial charge in [-0.3, -0.25) is 4.79 Å². The number of aromatic nitrogens is 5. The molecule has 3 aromatic heterocycles. The van der Waals surface area contributed by atoms with E-state index < -0.39 is 30.0 Å². The van der Waals surface area contributed by atoms with Gasteiger partial charge in [0.05, 0.1) is 6.20 Å². The number of hydrogen-bond donors (Lipinski definition) is 2. The van der Waals surface area contributed by atoms with Gasteiger partial charge in [-0.05, 0) is 13.3 Å². The number of rotatable bonds is 6. The van der Waals surface area contributed by atoms with Crippen LogP contribution in [0, 0.1) is 5.82 Å². The Hall–Kier alpha value is -3.31. The van der Waals surface area contributed by atoms with Gasteiger partial charge in [-0.2, -0.15) is 13.2 Å². The van der Waals surface area contributed by atoms with E-state index >= 15 is 0 Å². The SMILES string of the molecule is CC[C@](C)(C(=O)NCC(F)(F)F)N(C)c1nc(-c2c[nH]c3ncncc23)ncc1F. The summed E-state index contributed by atoms with van der Waals surface area (Å²) in [5.41, 5.74) is -0.436. The lowest BCUT2D eigenvalue weighted by Crippen LogP contribution is -2.57. The molecule has 0 aliphatic heterocycles. The lowest BCUT2D eigenvalue weighted by Gasteiger charge is -2.37. The third kappa shape index (κ3) is 4.02. The molecule has 0 saturated carbocycles. The summed E-state index contributed by atoms with van der Waals surface area (Å²) in [4.78, 5) is 32.9. The van der Waals surface area contributed by atoms with Gasteiger partial charge in [0.15, 0.2) is 17.5 Å².